The van der Waals surface area contributed by atoms with Crippen LogP contribution >= 0.6 is 28.3 Å². The minimum atomic E-state index is 0. The van der Waals surface area contributed by atoms with E-state index in [1.165, 1.54) is 44.2 Å². The molecular weight excluding hydrogens is 348 g/mol. The van der Waals surface area contributed by atoms with Crippen LogP contribution in [0.2, 0.25) is 0 Å². The molecule has 4 bridgehead atoms. The van der Waals surface area contributed by atoms with Crippen LogP contribution in [-0.4, -0.2) is 20.2 Å². The highest BCUT2D eigenvalue weighted by Crippen LogP contribution is 2.60. The highest BCUT2D eigenvalue weighted by molar-refractivity contribution is 8.93. The van der Waals surface area contributed by atoms with Crippen LogP contribution < -0.4 is 0 Å². The lowest BCUT2D eigenvalue weighted by molar-refractivity contribution is -0.00689. The van der Waals surface area contributed by atoms with Crippen molar-refractivity contribution < 1.29 is 0 Å². The van der Waals surface area contributed by atoms with Crippen LogP contribution in [0.25, 0.3) is 10.8 Å². The third-order valence-electron chi connectivity index (χ3n) is 5.70. The second-order valence-corrected chi connectivity index (χ2v) is 7.93. The van der Waals surface area contributed by atoms with Gasteiger partial charge in [0.2, 0.25) is 0 Å². The van der Waals surface area contributed by atoms with Crippen LogP contribution in [0.5, 0.6) is 0 Å². The number of rotatable bonds is 2. The molecule has 4 nitrogen and oxygen atoms in total. The Labute approximate surface area is 138 Å². The summed E-state index contributed by atoms with van der Waals surface area (Å²) in [5, 5.41) is 10.1. The summed E-state index contributed by atoms with van der Waals surface area (Å²) < 4.78 is 0. The van der Waals surface area contributed by atoms with Crippen LogP contribution in [0, 0.1) is 17.8 Å². The number of thiazole rings is 1. The quantitative estimate of drug-likeness (QED) is 0.874. The predicted octanol–water partition coefficient (Wildman–Crippen LogP) is 3.97. The van der Waals surface area contributed by atoms with Crippen molar-refractivity contribution in [2.45, 2.75) is 43.9 Å². The number of aromatic amines is 1. The third kappa shape index (κ3) is 2.10. The highest BCUT2D eigenvalue weighted by atomic mass is 79.9. The van der Waals surface area contributed by atoms with Gasteiger partial charge in [0.05, 0.1) is 5.69 Å². The minimum absolute atomic E-state index is 0. The summed E-state index contributed by atoms with van der Waals surface area (Å²) in [7, 11) is 0. The first-order valence-corrected chi connectivity index (χ1v) is 8.50. The Morgan fingerprint density at radius 3 is 2.33 bits per heavy atom. The number of halogens is 1. The lowest BCUT2D eigenvalue weighted by Gasteiger charge is -2.56. The molecule has 0 spiro atoms. The van der Waals surface area contributed by atoms with Gasteiger partial charge in [-0.3, -0.25) is 5.10 Å². The maximum atomic E-state index is 4.93. The SMILES string of the molecule is Br.c1n[nH]c(-c2nc(C34CC5CC(CC(C5)C3)C4)cs2)n1. The van der Waals surface area contributed by atoms with E-state index in [2.05, 4.69) is 20.6 Å². The Bertz CT molecular complexity index is 601. The summed E-state index contributed by atoms with van der Waals surface area (Å²) in [6.07, 6.45) is 10.1. The molecule has 1 N–H and O–H groups in total. The molecule has 4 aliphatic rings. The van der Waals surface area contributed by atoms with Gasteiger partial charge in [0.25, 0.3) is 0 Å². The molecule has 112 valence electrons. The number of hydrogen-bond acceptors (Lipinski definition) is 4. The van der Waals surface area contributed by atoms with Gasteiger partial charge in [-0.25, -0.2) is 9.97 Å². The smallest absolute Gasteiger partial charge is 0.184 e. The zero-order valence-electron chi connectivity index (χ0n) is 11.8. The second kappa shape index (κ2) is 4.88. The molecule has 0 atom stereocenters. The maximum Gasteiger partial charge on any atom is 0.184 e. The molecule has 4 aliphatic carbocycles. The fraction of sp³-hybridized carbons (Fsp3) is 0.667. The van der Waals surface area contributed by atoms with Gasteiger partial charge in [-0.1, -0.05) is 0 Å². The lowest BCUT2D eigenvalue weighted by atomic mass is 9.49. The molecule has 0 amide bonds. The van der Waals surface area contributed by atoms with Gasteiger partial charge < -0.3 is 0 Å². The molecule has 4 saturated carbocycles. The van der Waals surface area contributed by atoms with Crippen molar-refractivity contribution in [1.82, 2.24) is 20.2 Å². The second-order valence-electron chi connectivity index (χ2n) is 7.07. The van der Waals surface area contributed by atoms with E-state index in [0.29, 0.717) is 5.41 Å². The molecule has 6 rings (SSSR count). The Balaban J connectivity index is 0.00000115. The van der Waals surface area contributed by atoms with Gasteiger partial charge in [-0.05, 0) is 56.3 Å². The Morgan fingerprint density at radius 2 is 1.76 bits per heavy atom. The van der Waals surface area contributed by atoms with Crippen molar-refractivity contribution in [3.63, 3.8) is 0 Å². The largest absolute Gasteiger partial charge is 0.257 e. The zero-order chi connectivity index (χ0) is 13.2. The molecule has 6 heteroatoms. The van der Waals surface area contributed by atoms with Crippen molar-refractivity contribution in [3.8, 4) is 10.8 Å². The van der Waals surface area contributed by atoms with E-state index in [1.54, 1.807) is 17.7 Å². The molecule has 2 aromatic heterocycles. The molecular formula is C15H19BrN4S. The standard InChI is InChI=1S/C15H18N4S.BrH/c1-9-2-11-3-10(1)5-15(4-9,6-11)12-7-20-14(18-12)13-16-8-17-19-13;/h7-11H,1-6H2,(H,16,17,19);1H. The van der Waals surface area contributed by atoms with E-state index in [9.17, 15) is 0 Å². The lowest BCUT2D eigenvalue weighted by Crippen LogP contribution is -2.48. The van der Waals surface area contributed by atoms with E-state index in [4.69, 9.17) is 4.98 Å². The summed E-state index contributed by atoms with van der Waals surface area (Å²) in [5.74, 6) is 3.72. The van der Waals surface area contributed by atoms with Crippen molar-refractivity contribution in [3.05, 3.63) is 17.4 Å². The Kier molecular flexibility index (Phi) is 3.23. The van der Waals surface area contributed by atoms with Crippen molar-refractivity contribution in [2.24, 2.45) is 17.8 Å². The summed E-state index contributed by atoms with van der Waals surface area (Å²) in [5.41, 5.74) is 1.73. The first-order valence-electron chi connectivity index (χ1n) is 7.62. The predicted molar refractivity (Wildman–Crippen MR) is 87.7 cm³/mol. The van der Waals surface area contributed by atoms with E-state index < -0.39 is 0 Å². The first kappa shape index (κ1) is 13.9. The summed E-state index contributed by atoms with van der Waals surface area (Å²) in [4.78, 5) is 9.15. The molecule has 0 aliphatic heterocycles. The molecule has 0 radical (unpaired) electrons. The number of hydrogen-bond donors (Lipinski definition) is 1. The fourth-order valence-corrected chi connectivity index (χ4v) is 6.25. The highest BCUT2D eigenvalue weighted by Gasteiger charge is 2.52. The van der Waals surface area contributed by atoms with Gasteiger partial charge in [0.1, 0.15) is 6.33 Å². The summed E-state index contributed by atoms with van der Waals surface area (Å²) in [6.45, 7) is 0. The molecule has 2 heterocycles. The number of nitrogens with one attached hydrogen (secondary N) is 1. The molecule has 0 saturated heterocycles. The fourth-order valence-electron chi connectivity index (χ4n) is 5.36. The van der Waals surface area contributed by atoms with Crippen LogP contribution in [-0.2, 0) is 5.41 Å². The van der Waals surface area contributed by atoms with Crippen molar-refractivity contribution >= 4 is 28.3 Å². The molecule has 21 heavy (non-hydrogen) atoms. The van der Waals surface area contributed by atoms with Crippen LogP contribution in [0.15, 0.2) is 11.7 Å². The van der Waals surface area contributed by atoms with Crippen LogP contribution in [0.4, 0.5) is 0 Å². The molecule has 4 fully saturated rings. The van der Waals surface area contributed by atoms with E-state index >= 15 is 0 Å². The molecule has 2 aromatic rings. The van der Waals surface area contributed by atoms with Crippen molar-refractivity contribution in [1.29, 1.82) is 0 Å². The summed E-state index contributed by atoms with van der Waals surface area (Å²) >= 11 is 1.71. The topological polar surface area (TPSA) is 54.5 Å². The van der Waals surface area contributed by atoms with E-state index in [1.807, 2.05) is 0 Å². The monoisotopic (exact) mass is 366 g/mol. The van der Waals surface area contributed by atoms with Crippen molar-refractivity contribution in [2.75, 3.05) is 0 Å². The van der Waals surface area contributed by atoms with Gasteiger partial charge in [0.15, 0.2) is 10.8 Å². The van der Waals surface area contributed by atoms with Crippen LogP contribution in [0.1, 0.15) is 44.2 Å². The number of aromatic nitrogens is 4. The molecule has 0 aromatic carbocycles. The Morgan fingerprint density at radius 1 is 1.10 bits per heavy atom. The average Bonchev–Trinajstić information content (AvgIpc) is 3.09. The zero-order valence-corrected chi connectivity index (χ0v) is 14.3. The normalized spacial score (nSPS) is 36.7. The number of nitrogens with zero attached hydrogens (tertiary/aromatic N) is 3. The van der Waals surface area contributed by atoms with Gasteiger partial charge in [-0.15, -0.1) is 28.3 Å². The average molecular weight is 367 g/mol. The van der Waals surface area contributed by atoms with E-state index in [-0.39, 0.29) is 17.0 Å². The first-order chi connectivity index (χ1) is 9.81. The third-order valence-corrected chi connectivity index (χ3v) is 6.55. The van der Waals surface area contributed by atoms with Gasteiger partial charge >= 0.3 is 0 Å². The van der Waals surface area contributed by atoms with Gasteiger partial charge in [-0.2, -0.15) is 5.10 Å². The summed E-state index contributed by atoms with van der Waals surface area (Å²) in [6, 6.07) is 0. The minimum Gasteiger partial charge on any atom is -0.257 e. The number of H-pyrrole nitrogens is 1. The van der Waals surface area contributed by atoms with Crippen LogP contribution in [0.3, 0.4) is 0 Å². The molecule has 0 unspecified atom stereocenters. The van der Waals surface area contributed by atoms with E-state index in [0.717, 1.165) is 28.6 Å². The Hall–Kier alpha value is -0.750. The maximum absolute atomic E-state index is 4.93. The van der Waals surface area contributed by atoms with Gasteiger partial charge in [0, 0.05) is 10.8 Å².